The number of hydrogen-bond acceptors (Lipinski definition) is 2. The summed E-state index contributed by atoms with van der Waals surface area (Å²) in [7, 11) is 1.93. The molecule has 0 radical (unpaired) electrons. The van der Waals surface area contributed by atoms with E-state index in [1.807, 2.05) is 11.9 Å². The first-order valence-corrected chi connectivity index (χ1v) is 5.92. The van der Waals surface area contributed by atoms with E-state index in [0.717, 1.165) is 32.5 Å². The van der Waals surface area contributed by atoms with E-state index in [9.17, 15) is 4.79 Å². The Morgan fingerprint density at radius 2 is 1.93 bits per heavy atom. The van der Waals surface area contributed by atoms with Gasteiger partial charge < -0.3 is 10.2 Å². The molecule has 1 fully saturated rings. The molecule has 0 bridgehead atoms. The third-order valence-corrected chi connectivity index (χ3v) is 3.21. The summed E-state index contributed by atoms with van der Waals surface area (Å²) in [5.74, 6) is 0.863. The van der Waals surface area contributed by atoms with Crippen molar-refractivity contribution in [2.75, 3.05) is 26.7 Å². The number of carbonyl (C=O) groups excluding carboxylic acids is 1. The van der Waals surface area contributed by atoms with Crippen LogP contribution in [-0.2, 0) is 4.79 Å². The lowest BCUT2D eigenvalue weighted by atomic mass is 9.79. The van der Waals surface area contributed by atoms with Gasteiger partial charge in [0.25, 0.3) is 0 Å². The number of hydrogen-bond donors (Lipinski definition) is 1. The van der Waals surface area contributed by atoms with E-state index >= 15 is 0 Å². The maximum absolute atomic E-state index is 12.3. The van der Waals surface area contributed by atoms with Gasteiger partial charge in [-0.1, -0.05) is 20.8 Å². The van der Waals surface area contributed by atoms with Crippen molar-refractivity contribution in [3.63, 3.8) is 0 Å². The van der Waals surface area contributed by atoms with Crippen molar-refractivity contribution >= 4 is 5.91 Å². The average molecular weight is 212 g/mol. The summed E-state index contributed by atoms with van der Waals surface area (Å²) in [5, 5.41) is 3.30. The van der Waals surface area contributed by atoms with Gasteiger partial charge in [-0.25, -0.2) is 0 Å². The molecule has 15 heavy (non-hydrogen) atoms. The molecule has 0 aliphatic carbocycles. The average Bonchev–Trinajstić information content (AvgIpc) is 2.16. The number of rotatable bonds is 3. The Morgan fingerprint density at radius 1 is 1.40 bits per heavy atom. The van der Waals surface area contributed by atoms with E-state index in [1.54, 1.807) is 0 Å². The highest BCUT2D eigenvalue weighted by Crippen LogP contribution is 2.30. The van der Waals surface area contributed by atoms with Crippen LogP contribution in [0.2, 0.25) is 0 Å². The topological polar surface area (TPSA) is 32.3 Å². The van der Waals surface area contributed by atoms with Crippen molar-refractivity contribution in [1.82, 2.24) is 10.2 Å². The van der Waals surface area contributed by atoms with Crippen molar-refractivity contribution in [2.24, 2.45) is 11.3 Å². The van der Waals surface area contributed by atoms with E-state index in [2.05, 4.69) is 26.1 Å². The number of piperidine rings is 1. The van der Waals surface area contributed by atoms with Gasteiger partial charge in [0, 0.05) is 19.0 Å². The van der Waals surface area contributed by atoms with Gasteiger partial charge >= 0.3 is 0 Å². The van der Waals surface area contributed by atoms with E-state index in [0.29, 0.717) is 11.8 Å². The fourth-order valence-electron chi connectivity index (χ4n) is 2.28. The summed E-state index contributed by atoms with van der Waals surface area (Å²) in [4.78, 5) is 14.2. The number of carbonyl (C=O) groups is 1. The molecule has 1 aliphatic rings. The second-order valence-corrected chi connectivity index (χ2v) is 5.39. The highest BCUT2D eigenvalue weighted by atomic mass is 16.2. The van der Waals surface area contributed by atoms with E-state index in [-0.39, 0.29) is 5.41 Å². The summed E-state index contributed by atoms with van der Waals surface area (Å²) >= 11 is 0. The normalized spacial score (nSPS) is 20.3. The van der Waals surface area contributed by atoms with Gasteiger partial charge in [-0.2, -0.15) is 0 Å². The molecule has 88 valence electrons. The minimum atomic E-state index is -0.130. The van der Waals surface area contributed by atoms with Crippen LogP contribution >= 0.6 is 0 Å². The molecule has 0 aromatic rings. The van der Waals surface area contributed by atoms with Crippen LogP contribution in [0.5, 0.6) is 0 Å². The predicted octanol–water partition coefficient (Wildman–Crippen LogP) is 1.49. The van der Waals surface area contributed by atoms with Gasteiger partial charge in [-0.3, -0.25) is 4.79 Å². The molecule has 1 amide bonds. The lowest BCUT2D eigenvalue weighted by Crippen LogP contribution is -2.47. The monoisotopic (exact) mass is 212 g/mol. The minimum Gasteiger partial charge on any atom is -0.345 e. The zero-order valence-electron chi connectivity index (χ0n) is 10.5. The van der Waals surface area contributed by atoms with Crippen LogP contribution in [0.1, 0.15) is 33.6 Å². The van der Waals surface area contributed by atoms with Crippen LogP contribution in [0.3, 0.4) is 0 Å². The predicted molar refractivity (Wildman–Crippen MR) is 62.7 cm³/mol. The highest BCUT2D eigenvalue weighted by molar-refractivity contribution is 5.82. The molecule has 0 aromatic heterocycles. The minimum absolute atomic E-state index is 0.130. The van der Waals surface area contributed by atoms with Gasteiger partial charge in [0.15, 0.2) is 0 Å². The Labute approximate surface area is 93.2 Å². The van der Waals surface area contributed by atoms with Gasteiger partial charge in [0.1, 0.15) is 0 Å². The lowest BCUT2D eigenvalue weighted by Gasteiger charge is -2.36. The number of amides is 1. The van der Waals surface area contributed by atoms with E-state index in [4.69, 9.17) is 0 Å². The quantitative estimate of drug-likeness (QED) is 0.768. The molecule has 3 heteroatoms. The van der Waals surface area contributed by atoms with E-state index < -0.39 is 0 Å². The van der Waals surface area contributed by atoms with Crippen molar-refractivity contribution in [1.29, 1.82) is 0 Å². The first-order chi connectivity index (χ1) is 6.96. The molecule has 1 rings (SSSR count). The molecule has 0 spiro atoms. The Hall–Kier alpha value is -0.570. The van der Waals surface area contributed by atoms with Crippen molar-refractivity contribution < 1.29 is 4.79 Å². The van der Waals surface area contributed by atoms with Gasteiger partial charge in [-0.05, 0) is 31.8 Å². The summed E-state index contributed by atoms with van der Waals surface area (Å²) < 4.78 is 0. The first-order valence-electron chi connectivity index (χ1n) is 5.92. The third-order valence-electron chi connectivity index (χ3n) is 3.21. The second kappa shape index (κ2) is 4.97. The standard InChI is InChI=1S/C12H24N2O/c1-10(2)9-14(4)11(15)12(3)5-7-13-8-6-12/h10,13H,5-9H2,1-4H3. The Kier molecular flexibility index (Phi) is 4.14. The van der Waals surface area contributed by atoms with Gasteiger partial charge in [0.05, 0.1) is 0 Å². The Morgan fingerprint density at radius 3 is 2.40 bits per heavy atom. The smallest absolute Gasteiger partial charge is 0.228 e. The summed E-state index contributed by atoms with van der Waals surface area (Å²) in [6, 6.07) is 0. The number of nitrogens with one attached hydrogen (secondary N) is 1. The summed E-state index contributed by atoms with van der Waals surface area (Å²) in [6.45, 7) is 9.20. The van der Waals surface area contributed by atoms with Crippen molar-refractivity contribution in [3.05, 3.63) is 0 Å². The number of nitrogens with zero attached hydrogens (tertiary/aromatic N) is 1. The molecule has 1 saturated heterocycles. The SMILES string of the molecule is CC(C)CN(C)C(=O)C1(C)CCNCC1. The zero-order valence-corrected chi connectivity index (χ0v) is 10.5. The summed E-state index contributed by atoms with van der Waals surface area (Å²) in [5.41, 5.74) is -0.130. The van der Waals surface area contributed by atoms with Crippen LogP contribution in [0, 0.1) is 11.3 Å². The largest absolute Gasteiger partial charge is 0.345 e. The third kappa shape index (κ3) is 3.20. The van der Waals surface area contributed by atoms with Crippen LogP contribution in [0.25, 0.3) is 0 Å². The molecular formula is C12H24N2O. The molecule has 0 unspecified atom stereocenters. The maximum atomic E-state index is 12.3. The van der Waals surface area contributed by atoms with Crippen molar-refractivity contribution in [3.8, 4) is 0 Å². The fraction of sp³-hybridized carbons (Fsp3) is 0.917. The van der Waals surface area contributed by atoms with Gasteiger partial charge in [0.2, 0.25) is 5.91 Å². The van der Waals surface area contributed by atoms with Crippen LogP contribution in [0.4, 0.5) is 0 Å². The maximum Gasteiger partial charge on any atom is 0.228 e. The molecule has 0 aromatic carbocycles. The molecular weight excluding hydrogens is 188 g/mol. The first kappa shape index (κ1) is 12.5. The lowest BCUT2D eigenvalue weighted by molar-refractivity contribution is -0.141. The second-order valence-electron chi connectivity index (χ2n) is 5.39. The zero-order chi connectivity index (χ0) is 11.5. The van der Waals surface area contributed by atoms with E-state index in [1.165, 1.54) is 0 Å². The van der Waals surface area contributed by atoms with Crippen LogP contribution in [-0.4, -0.2) is 37.5 Å². The van der Waals surface area contributed by atoms with Crippen LogP contribution in [0.15, 0.2) is 0 Å². The highest BCUT2D eigenvalue weighted by Gasteiger charge is 2.36. The molecule has 1 aliphatic heterocycles. The van der Waals surface area contributed by atoms with Gasteiger partial charge in [-0.15, -0.1) is 0 Å². The van der Waals surface area contributed by atoms with Crippen molar-refractivity contribution in [2.45, 2.75) is 33.6 Å². The molecule has 0 saturated carbocycles. The Bertz CT molecular complexity index is 220. The molecule has 1 N–H and O–H groups in total. The fourth-order valence-corrected chi connectivity index (χ4v) is 2.28. The molecule has 1 heterocycles. The summed E-state index contributed by atoms with van der Waals surface area (Å²) in [6.07, 6.45) is 1.93. The molecule has 3 nitrogen and oxygen atoms in total. The Balaban J connectivity index is 2.57. The molecule has 0 atom stereocenters. The van der Waals surface area contributed by atoms with Crippen LogP contribution < -0.4 is 5.32 Å².